The van der Waals surface area contributed by atoms with E-state index in [1.54, 1.807) is 6.07 Å². The number of nitrogens with one attached hydrogen (secondary N) is 1. The van der Waals surface area contributed by atoms with Crippen molar-refractivity contribution in [2.24, 2.45) is 0 Å². The lowest BCUT2D eigenvalue weighted by Crippen LogP contribution is -2.34. The van der Waals surface area contributed by atoms with E-state index in [9.17, 15) is 9.18 Å². The fourth-order valence-corrected chi connectivity index (χ4v) is 3.34. The Bertz CT molecular complexity index is 879. The average molecular weight is 388 g/mol. The van der Waals surface area contributed by atoms with Gasteiger partial charge < -0.3 is 14.7 Å². The summed E-state index contributed by atoms with van der Waals surface area (Å²) < 4.78 is 18.7. The van der Waals surface area contributed by atoms with Crippen molar-refractivity contribution >= 4 is 17.2 Å². The molecule has 0 saturated carbocycles. The number of carbonyl (C=O) groups excluding carboxylic acids is 1. The summed E-state index contributed by atoms with van der Waals surface area (Å²) in [5, 5.41) is 8.77. The molecule has 2 heterocycles. The van der Waals surface area contributed by atoms with E-state index in [0.29, 0.717) is 24.7 Å². The van der Waals surface area contributed by atoms with Gasteiger partial charge in [-0.15, -0.1) is 11.3 Å². The second kappa shape index (κ2) is 8.88. The van der Waals surface area contributed by atoms with Crippen LogP contribution in [0, 0.1) is 5.82 Å². The maximum atomic E-state index is 13.5. The van der Waals surface area contributed by atoms with Gasteiger partial charge in [0.25, 0.3) is 0 Å². The molecule has 2 aromatic heterocycles. The SMILES string of the molecule is CN(C)C(CNC(=O)CCc1nc(-c2cccs2)no1)c1cccc(F)c1. The predicted molar refractivity (Wildman–Crippen MR) is 102 cm³/mol. The van der Waals surface area contributed by atoms with Gasteiger partial charge in [-0.1, -0.05) is 23.4 Å². The highest BCUT2D eigenvalue weighted by atomic mass is 32.1. The quantitative estimate of drug-likeness (QED) is 0.641. The number of nitrogens with zero attached hydrogens (tertiary/aromatic N) is 3. The van der Waals surface area contributed by atoms with Crippen molar-refractivity contribution < 1.29 is 13.7 Å². The van der Waals surface area contributed by atoms with Crippen LogP contribution in [0.3, 0.4) is 0 Å². The lowest BCUT2D eigenvalue weighted by molar-refractivity contribution is -0.121. The number of hydrogen-bond acceptors (Lipinski definition) is 6. The molecule has 0 aliphatic carbocycles. The number of halogens is 1. The highest BCUT2D eigenvalue weighted by molar-refractivity contribution is 7.13. The van der Waals surface area contributed by atoms with Crippen LogP contribution >= 0.6 is 11.3 Å². The van der Waals surface area contributed by atoms with E-state index >= 15 is 0 Å². The number of thiophene rings is 1. The summed E-state index contributed by atoms with van der Waals surface area (Å²) in [6.45, 7) is 0.388. The molecule has 1 aromatic carbocycles. The highest BCUT2D eigenvalue weighted by Crippen LogP contribution is 2.21. The van der Waals surface area contributed by atoms with Crippen LogP contribution in [0.5, 0.6) is 0 Å². The van der Waals surface area contributed by atoms with Gasteiger partial charge in [0.1, 0.15) is 5.82 Å². The van der Waals surface area contributed by atoms with Gasteiger partial charge in [0.15, 0.2) is 0 Å². The third-order valence-corrected chi connectivity index (χ3v) is 4.99. The van der Waals surface area contributed by atoms with Gasteiger partial charge in [-0.3, -0.25) is 4.79 Å². The number of amides is 1. The minimum absolute atomic E-state index is 0.113. The Hall–Kier alpha value is -2.58. The zero-order chi connectivity index (χ0) is 19.2. The molecule has 6 nitrogen and oxygen atoms in total. The van der Waals surface area contributed by atoms with Crippen molar-refractivity contribution in [3.63, 3.8) is 0 Å². The average Bonchev–Trinajstić information content (AvgIpc) is 3.31. The Morgan fingerprint density at radius 2 is 2.19 bits per heavy atom. The van der Waals surface area contributed by atoms with E-state index in [2.05, 4.69) is 15.5 Å². The molecule has 0 aliphatic heterocycles. The van der Waals surface area contributed by atoms with Crippen LogP contribution in [-0.2, 0) is 11.2 Å². The van der Waals surface area contributed by atoms with Crippen molar-refractivity contribution in [3.05, 3.63) is 59.0 Å². The largest absolute Gasteiger partial charge is 0.354 e. The molecule has 1 N–H and O–H groups in total. The summed E-state index contributed by atoms with van der Waals surface area (Å²) in [6.07, 6.45) is 0.617. The van der Waals surface area contributed by atoms with Gasteiger partial charge in [-0.25, -0.2) is 4.39 Å². The predicted octanol–water partition coefficient (Wildman–Crippen LogP) is 3.29. The fraction of sp³-hybridized carbons (Fsp3) is 0.316. The number of aryl methyl sites for hydroxylation is 1. The lowest BCUT2D eigenvalue weighted by Gasteiger charge is -2.25. The standard InChI is InChI=1S/C19H21FN4O2S/c1-24(2)15(13-5-3-6-14(20)11-13)12-21-17(25)8-9-18-22-19(23-26-18)16-7-4-10-27-16/h3-7,10-11,15H,8-9,12H2,1-2H3,(H,21,25). The first-order chi connectivity index (χ1) is 13.0. The van der Waals surface area contributed by atoms with E-state index in [4.69, 9.17) is 4.52 Å². The van der Waals surface area contributed by atoms with Crippen molar-refractivity contribution in [2.45, 2.75) is 18.9 Å². The normalized spacial score (nSPS) is 12.3. The van der Waals surface area contributed by atoms with E-state index in [-0.39, 0.29) is 24.2 Å². The number of likely N-dealkylation sites (N-methyl/N-ethyl adjacent to an activating group) is 1. The minimum atomic E-state index is -0.288. The van der Waals surface area contributed by atoms with Gasteiger partial charge in [0, 0.05) is 19.4 Å². The van der Waals surface area contributed by atoms with Crippen LogP contribution in [0.2, 0.25) is 0 Å². The van der Waals surface area contributed by atoms with Crippen LogP contribution in [0.15, 0.2) is 46.3 Å². The van der Waals surface area contributed by atoms with Gasteiger partial charge in [-0.05, 0) is 43.2 Å². The lowest BCUT2D eigenvalue weighted by atomic mass is 10.1. The maximum absolute atomic E-state index is 13.5. The summed E-state index contributed by atoms with van der Waals surface area (Å²) in [4.78, 5) is 19.4. The molecule has 1 amide bonds. The Kier molecular flexibility index (Phi) is 6.31. The van der Waals surface area contributed by atoms with Crippen molar-refractivity contribution in [3.8, 4) is 10.7 Å². The first-order valence-electron chi connectivity index (χ1n) is 8.58. The molecule has 8 heteroatoms. The minimum Gasteiger partial charge on any atom is -0.354 e. The third-order valence-electron chi connectivity index (χ3n) is 4.12. The monoisotopic (exact) mass is 388 g/mol. The van der Waals surface area contributed by atoms with Crippen LogP contribution in [0.25, 0.3) is 10.7 Å². The molecular formula is C19H21FN4O2S. The van der Waals surface area contributed by atoms with Crippen LogP contribution in [0.4, 0.5) is 4.39 Å². The molecule has 142 valence electrons. The van der Waals surface area contributed by atoms with Gasteiger partial charge in [0.2, 0.25) is 17.6 Å². The summed E-state index contributed by atoms with van der Waals surface area (Å²) >= 11 is 1.53. The molecule has 0 fully saturated rings. The molecule has 1 atom stereocenters. The molecule has 1 unspecified atom stereocenters. The van der Waals surface area contributed by atoms with Crippen LogP contribution in [-0.4, -0.2) is 41.6 Å². The number of benzene rings is 1. The topological polar surface area (TPSA) is 71.3 Å². The highest BCUT2D eigenvalue weighted by Gasteiger charge is 2.17. The number of hydrogen-bond donors (Lipinski definition) is 1. The Morgan fingerprint density at radius 1 is 1.33 bits per heavy atom. The van der Waals surface area contributed by atoms with E-state index in [1.807, 2.05) is 42.6 Å². The second-order valence-corrected chi connectivity index (χ2v) is 7.28. The maximum Gasteiger partial charge on any atom is 0.227 e. The molecule has 0 spiro atoms. The summed E-state index contributed by atoms with van der Waals surface area (Å²) in [7, 11) is 3.79. The smallest absolute Gasteiger partial charge is 0.227 e. The van der Waals surface area contributed by atoms with E-state index < -0.39 is 0 Å². The molecule has 3 aromatic rings. The van der Waals surface area contributed by atoms with E-state index in [0.717, 1.165) is 10.4 Å². The van der Waals surface area contributed by atoms with Crippen molar-refractivity contribution in [1.82, 2.24) is 20.4 Å². The second-order valence-electron chi connectivity index (χ2n) is 6.33. The zero-order valence-corrected chi connectivity index (χ0v) is 16.0. The zero-order valence-electron chi connectivity index (χ0n) is 15.2. The Balaban J connectivity index is 1.51. The number of aromatic nitrogens is 2. The molecule has 0 bridgehead atoms. The van der Waals surface area contributed by atoms with Gasteiger partial charge in [-0.2, -0.15) is 4.98 Å². The molecular weight excluding hydrogens is 367 g/mol. The van der Waals surface area contributed by atoms with Crippen molar-refractivity contribution in [2.75, 3.05) is 20.6 Å². The molecule has 0 aliphatic rings. The summed E-state index contributed by atoms with van der Waals surface area (Å²) in [5.41, 5.74) is 0.817. The Morgan fingerprint density at radius 3 is 2.89 bits per heavy atom. The van der Waals surface area contributed by atoms with Gasteiger partial charge in [0.05, 0.1) is 10.9 Å². The molecule has 0 saturated heterocycles. The fourth-order valence-electron chi connectivity index (χ4n) is 2.69. The molecule has 27 heavy (non-hydrogen) atoms. The van der Waals surface area contributed by atoms with Crippen LogP contribution < -0.4 is 5.32 Å². The van der Waals surface area contributed by atoms with Crippen molar-refractivity contribution in [1.29, 1.82) is 0 Å². The Labute approximate surface area is 161 Å². The summed E-state index contributed by atoms with van der Waals surface area (Å²) in [5.74, 6) is 0.569. The van der Waals surface area contributed by atoms with Gasteiger partial charge >= 0.3 is 0 Å². The third kappa shape index (κ3) is 5.21. The molecule has 3 rings (SSSR count). The first-order valence-corrected chi connectivity index (χ1v) is 9.46. The van der Waals surface area contributed by atoms with Crippen LogP contribution in [0.1, 0.15) is 23.9 Å². The van der Waals surface area contributed by atoms with E-state index in [1.165, 1.54) is 23.5 Å². The summed E-state index contributed by atoms with van der Waals surface area (Å²) in [6, 6.07) is 10.1. The molecule has 0 radical (unpaired) electrons. The number of carbonyl (C=O) groups is 1. The number of rotatable bonds is 8. The first kappa shape index (κ1) is 19.2.